The van der Waals surface area contributed by atoms with Gasteiger partial charge in [-0.25, -0.2) is 0 Å². The van der Waals surface area contributed by atoms with Crippen LogP contribution in [0.2, 0.25) is 0 Å². The van der Waals surface area contributed by atoms with Crippen molar-refractivity contribution < 1.29 is 44.9 Å². The molecule has 6 N–H and O–H groups in total. The second kappa shape index (κ2) is 31.6. The fraction of sp³-hybridized carbons (Fsp3) is 0.927. The van der Waals surface area contributed by atoms with Crippen LogP contribution in [0.25, 0.3) is 0 Å². The van der Waals surface area contributed by atoms with Crippen molar-refractivity contribution in [2.45, 2.75) is 224 Å². The summed E-state index contributed by atoms with van der Waals surface area (Å²) in [6.45, 7) is 3.48. The number of ether oxygens (including phenoxy) is 2. The number of carbonyl (C=O) groups is 1. The van der Waals surface area contributed by atoms with Crippen LogP contribution < -0.4 is 0 Å². The average molecular weight is 715 g/mol. The van der Waals surface area contributed by atoms with E-state index in [0.29, 0.717) is 12.8 Å². The van der Waals surface area contributed by atoms with E-state index in [1.807, 2.05) is 6.08 Å². The van der Waals surface area contributed by atoms with Crippen LogP contribution in [0.15, 0.2) is 12.2 Å². The molecule has 9 heteroatoms. The number of hydrogen-bond donors (Lipinski definition) is 6. The number of allylic oxidation sites excluding steroid dienone is 1. The van der Waals surface area contributed by atoms with E-state index in [-0.39, 0.29) is 6.61 Å². The number of aliphatic hydroxyl groups excluding tert-OH is 6. The van der Waals surface area contributed by atoms with E-state index in [1.165, 1.54) is 116 Å². The molecule has 0 spiro atoms. The summed E-state index contributed by atoms with van der Waals surface area (Å²) in [6, 6.07) is 0. The van der Waals surface area contributed by atoms with Crippen LogP contribution in [0.1, 0.15) is 181 Å². The zero-order valence-corrected chi connectivity index (χ0v) is 32.0. The highest BCUT2D eigenvalue weighted by molar-refractivity contribution is 5.86. The fourth-order valence-corrected chi connectivity index (χ4v) is 6.79. The minimum atomic E-state index is -1.62. The van der Waals surface area contributed by atoms with Gasteiger partial charge in [0.15, 0.2) is 12.1 Å². The summed E-state index contributed by atoms with van der Waals surface area (Å²) in [5, 5.41) is 61.9. The predicted molar refractivity (Wildman–Crippen MR) is 201 cm³/mol. The zero-order chi connectivity index (χ0) is 36.8. The topological polar surface area (TPSA) is 157 Å². The Bertz CT molecular complexity index is 807. The maximum atomic E-state index is 13.4. The van der Waals surface area contributed by atoms with Crippen LogP contribution in [-0.4, -0.2) is 92.5 Å². The van der Waals surface area contributed by atoms with E-state index >= 15 is 0 Å². The Morgan fingerprint density at radius 3 is 1.54 bits per heavy atom. The van der Waals surface area contributed by atoms with Gasteiger partial charge in [-0.2, -0.15) is 0 Å². The van der Waals surface area contributed by atoms with Gasteiger partial charge in [0, 0.05) is 0 Å². The van der Waals surface area contributed by atoms with Gasteiger partial charge in [0.2, 0.25) is 0 Å². The lowest BCUT2D eigenvalue weighted by Crippen LogP contribution is -2.59. The molecule has 0 aromatic carbocycles. The lowest BCUT2D eigenvalue weighted by atomic mass is 9.91. The van der Waals surface area contributed by atoms with Crippen LogP contribution in [0, 0.1) is 5.92 Å². The van der Waals surface area contributed by atoms with Crippen molar-refractivity contribution >= 4 is 5.78 Å². The third-order valence-electron chi connectivity index (χ3n) is 10.3. The largest absolute Gasteiger partial charge is 0.394 e. The van der Waals surface area contributed by atoms with Crippen molar-refractivity contribution in [3.63, 3.8) is 0 Å². The van der Waals surface area contributed by atoms with E-state index in [1.54, 1.807) is 6.08 Å². The highest BCUT2D eigenvalue weighted by atomic mass is 16.7. The van der Waals surface area contributed by atoms with Crippen LogP contribution in [0.5, 0.6) is 0 Å². The standard InChI is InChI=1S/C41H78O9/c1-3-5-7-9-11-13-14-15-16-17-18-19-20-22-24-26-28-30-35(44)37(45)33(34(43)29-27-25-23-21-12-10-8-6-4-2)32-49-41-40(48)39(47)38(46)36(31-42)50-41/h27,29,33-36,38-44,46-48H,3-26,28,30-32H2,1-2H3/b29-27+/t33-,34+,35+,36+,38-,39-,40+,41+/m0/s1. The number of carbonyl (C=O) groups excluding carboxylic acids is 1. The van der Waals surface area contributed by atoms with E-state index in [9.17, 15) is 35.4 Å². The second-order valence-corrected chi connectivity index (χ2v) is 14.8. The monoisotopic (exact) mass is 715 g/mol. The molecular weight excluding hydrogens is 636 g/mol. The zero-order valence-electron chi connectivity index (χ0n) is 32.0. The molecule has 0 amide bonds. The summed E-state index contributed by atoms with van der Waals surface area (Å²) in [7, 11) is 0. The van der Waals surface area contributed by atoms with Gasteiger partial charge in [-0.1, -0.05) is 174 Å². The number of aliphatic hydroxyl groups is 6. The van der Waals surface area contributed by atoms with Crippen LogP contribution >= 0.6 is 0 Å². The van der Waals surface area contributed by atoms with E-state index in [4.69, 9.17) is 9.47 Å². The van der Waals surface area contributed by atoms with Gasteiger partial charge in [0.05, 0.1) is 25.2 Å². The Kier molecular flexibility index (Phi) is 29.8. The molecule has 1 rings (SSSR count). The van der Waals surface area contributed by atoms with Gasteiger partial charge in [-0.3, -0.25) is 4.79 Å². The number of hydrogen-bond acceptors (Lipinski definition) is 9. The summed E-state index contributed by atoms with van der Waals surface area (Å²) in [5.41, 5.74) is 0. The molecule has 1 aliphatic rings. The van der Waals surface area contributed by atoms with Crippen molar-refractivity contribution in [2.75, 3.05) is 13.2 Å². The molecule has 0 aliphatic carbocycles. The number of ketones is 1. The Morgan fingerprint density at radius 1 is 0.640 bits per heavy atom. The fourth-order valence-electron chi connectivity index (χ4n) is 6.79. The quantitative estimate of drug-likeness (QED) is 0.0294. The molecule has 8 atom stereocenters. The molecule has 1 heterocycles. The summed E-state index contributed by atoms with van der Waals surface area (Å²) >= 11 is 0. The Balaban J connectivity index is 2.43. The van der Waals surface area contributed by atoms with Gasteiger partial charge in [-0.05, 0) is 19.3 Å². The van der Waals surface area contributed by atoms with Crippen molar-refractivity contribution in [3.8, 4) is 0 Å². The average Bonchev–Trinajstić information content (AvgIpc) is 3.11. The predicted octanol–water partition coefficient (Wildman–Crippen LogP) is 7.45. The lowest BCUT2D eigenvalue weighted by Gasteiger charge is -2.40. The normalized spacial score (nSPS) is 23.0. The first-order valence-corrected chi connectivity index (χ1v) is 20.8. The molecule has 0 unspecified atom stereocenters. The third-order valence-corrected chi connectivity index (χ3v) is 10.3. The maximum absolute atomic E-state index is 13.4. The van der Waals surface area contributed by atoms with Crippen LogP contribution in [0.3, 0.4) is 0 Å². The Labute approximate surface area is 305 Å². The summed E-state index contributed by atoms with van der Waals surface area (Å²) in [5.74, 6) is -1.66. The van der Waals surface area contributed by atoms with Crippen LogP contribution in [-0.2, 0) is 14.3 Å². The number of rotatable bonds is 34. The molecule has 0 saturated carbocycles. The molecule has 1 fully saturated rings. The third kappa shape index (κ3) is 21.6. The summed E-state index contributed by atoms with van der Waals surface area (Å²) in [6.07, 6.45) is 24.2. The van der Waals surface area contributed by atoms with Crippen molar-refractivity contribution in [1.29, 1.82) is 0 Å². The molecule has 296 valence electrons. The first-order chi connectivity index (χ1) is 24.3. The molecule has 0 aromatic rings. The van der Waals surface area contributed by atoms with E-state index in [2.05, 4.69) is 13.8 Å². The molecule has 50 heavy (non-hydrogen) atoms. The maximum Gasteiger partial charge on any atom is 0.186 e. The van der Waals surface area contributed by atoms with Crippen LogP contribution in [0.4, 0.5) is 0 Å². The molecule has 0 bridgehead atoms. The SMILES string of the molecule is CCCCCCCCC/C=C/[C@@H](O)[C@H](CO[C@@H]1O[C@H](CO)[C@H](O)[C@H](O)[C@H]1O)C(=O)[C@H](O)CCCCCCCCCCCCCCCCCCC. The summed E-state index contributed by atoms with van der Waals surface area (Å²) in [4.78, 5) is 13.4. The van der Waals surface area contributed by atoms with Gasteiger partial charge in [0.1, 0.15) is 30.5 Å². The second-order valence-electron chi connectivity index (χ2n) is 14.8. The first-order valence-electron chi connectivity index (χ1n) is 20.8. The highest BCUT2D eigenvalue weighted by Crippen LogP contribution is 2.24. The van der Waals surface area contributed by atoms with Gasteiger partial charge < -0.3 is 40.1 Å². The molecule has 1 saturated heterocycles. The van der Waals surface area contributed by atoms with Crippen molar-refractivity contribution in [1.82, 2.24) is 0 Å². The molecule has 1 aliphatic heterocycles. The molecular formula is C41H78O9. The Hall–Kier alpha value is -0.910. The number of unbranched alkanes of at least 4 members (excludes halogenated alkanes) is 23. The molecule has 9 nitrogen and oxygen atoms in total. The smallest absolute Gasteiger partial charge is 0.186 e. The first kappa shape index (κ1) is 47.1. The molecule has 0 radical (unpaired) electrons. The lowest BCUT2D eigenvalue weighted by molar-refractivity contribution is -0.303. The van der Waals surface area contributed by atoms with E-state index < -0.39 is 61.2 Å². The van der Waals surface area contributed by atoms with Crippen molar-refractivity contribution in [2.24, 2.45) is 5.92 Å². The van der Waals surface area contributed by atoms with E-state index in [0.717, 1.165) is 38.5 Å². The molecule has 0 aromatic heterocycles. The number of Topliss-reactive ketones (excluding diaryl/α,β-unsaturated/α-hetero) is 1. The van der Waals surface area contributed by atoms with Gasteiger partial charge in [0.25, 0.3) is 0 Å². The highest BCUT2D eigenvalue weighted by Gasteiger charge is 2.44. The van der Waals surface area contributed by atoms with Gasteiger partial charge >= 0.3 is 0 Å². The minimum absolute atomic E-state index is 0.294. The Morgan fingerprint density at radius 2 is 1.08 bits per heavy atom. The van der Waals surface area contributed by atoms with Crippen molar-refractivity contribution in [3.05, 3.63) is 12.2 Å². The minimum Gasteiger partial charge on any atom is -0.394 e. The summed E-state index contributed by atoms with van der Waals surface area (Å²) < 4.78 is 11.1. The van der Waals surface area contributed by atoms with Gasteiger partial charge in [-0.15, -0.1) is 0 Å².